The van der Waals surface area contributed by atoms with E-state index in [1.165, 1.54) is 0 Å². The van der Waals surface area contributed by atoms with Crippen LogP contribution in [0.15, 0.2) is 75.8 Å². The number of ether oxygens (including phenoxy) is 3. The molecular weight excluding hydrogens is 438 g/mol. The number of aromatic nitrogens is 1. The molecule has 3 heterocycles. The summed E-state index contributed by atoms with van der Waals surface area (Å²) < 4.78 is 21.8. The number of hydrogen-bond acceptors (Lipinski definition) is 8. The van der Waals surface area contributed by atoms with Crippen molar-refractivity contribution in [2.45, 2.75) is 12.5 Å². The molecule has 0 radical (unpaired) electrons. The second kappa shape index (κ2) is 8.99. The second-order valence-corrected chi connectivity index (χ2v) is 8.28. The summed E-state index contributed by atoms with van der Waals surface area (Å²) in [7, 11) is 4.91. The van der Waals surface area contributed by atoms with Crippen molar-refractivity contribution in [1.82, 2.24) is 4.98 Å². The highest BCUT2D eigenvalue weighted by Gasteiger charge is 2.33. The normalized spacial score (nSPS) is 15.4. The van der Waals surface area contributed by atoms with Crippen molar-refractivity contribution >= 4 is 22.2 Å². The van der Waals surface area contributed by atoms with Crippen LogP contribution in [-0.2, 0) is 0 Å². The van der Waals surface area contributed by atoms with Gasteiger partial charge in [-0.3, -0.25) is 0 Å². The van der Waals surface area contributed by atoms with E-state index in [-0.39, 0.29) is 6.04 Å². The average Bonchev–Trinajstić information content (AvgIpc) is 3.63. The van der Waals surface area contributed by atoms with Gasteiger partial charge in [0, 0.05) is 17.4 Å². The van der Waals surface area contributed by atoms with Gasteiger partial charge < -0.3 is 18.6 Å². The van der Waals surface area contributed by atoms with Crippen LogP contribution in [0.25, 0.3) is 11.3 Å². The minimum Gasteiger partial charge on any atom is -0.497 e. The van der Waals surface area contributed by atoms with Crippen LogP contribution < -0.4 is 19.2 Å². The number of hydrazone groups is 1. The lowest BCUT2D eigenvalue weighted by Gasteiger charge is -2.18. The van der Waals surface area contributed by atoms with Gasteiger partial charge in [0.2, 0.25) is 5.13 Å². The van der Waals surface area contributed by atoms with E-state index >= 15 is 0 Å². The predicted molar refractivity (Wildman–Crippen MR) is 129 cm³/mol. The number of methoxy groups -OCH3 is 3. The third-order valence-electron chi connectivity index (χ3n) is 5.57. The number of anilines is 1. The zero-order chi connectivity index (χ0) is 22.8. The van der Waals surface area contributed by atoms with Gasteiger partial charge in [-0.25, -0.2) is 9.99 Å². The van der Waals surface area contributed by atoms with Gasteiger partial charge in [-0.05, 0) is 60.2 Å². The van der Waals surface area contributed by atoms with Crippen LogP contribution in [0.1, 0.15) is 23.8 Å². The highest BCUT2D eigenvalue weighted by molar-refractivity contribution is 7.14. The van der Waals surface area contributed by atoms with E-state index in [0.717, 1.165) is 39.2 Å². The maximum absolute atomic E-state index is 5.75. The first kappa shape index (κ1) is 21.1. The molecule has 7 nitrogen and oxygen atoms in total. The van der Waals surface area contributed by atoms with Gasteiger partial charge >= 0.3 is 0 Å². The Balaban J connectivity index is 1.49. The van der Waals surface area contributed by atoms with Crippen molar-refractivity contribution in [2.24, 2.45) is 5.10 Å². The molecule has 0 unspecified atom stereocenters. The lowest BCUT2D eigenvalue weighted by Crippen LogP contribution is -2.17. The van der Waals surface area contributed by atoms with E-state index in [1.807, 2.05) is 65.0 Å². The molecule has 4 aromatic rings. The van der Waals surface area contributed by atoms with E-state index in [9.17, 15) is 0 Å². The van der Waals surface area contributed by atoms with Crippen LogP contribution in [-0.4, -0.2) is 32.0 Å². The third kappa shape index (κ3) is 4.05. The molecule has 1 atom stereocenters. The number of benzene rings is 2. The molecule has 0 spiro atoms. The molecule has 0 N–H and O–H groups in total. The van der Waals surface area contributed by atoms with Gasteiger partial charge in [0.25, 0.3) is 0 Å². The fraction of sp³-hybridized carbons (Fsp3) is 0.200. The molecule has 0 fully saturated rings. The molecule has 2 aromatic heterocycles. The molecule has 0 saturated carbocycles. The first-order chi connectivity index (χ1) is 16.2. The number of furan rings is 1. The minimum absolute atomic E-state index is 0.0681. The topological polar surface area (TPSA) is 69.3 Å². The molecule has 0 aliphatic carbocycles. The minimum atomic E-state index is -0.0681. The zero-order valence-corrected chi connectivity index (χ0v) is 19.3. The Morgan fingerprint density at radius 2 is 1.73 bits per heavy atom. The average molecular weight is 462 g/mol. The lowest BCUT2D eigenvalue weighted by atomic mass is 10.0. The first-order valence-electron chi connectivity index (χ1n) is 10.4. The van der Waals surface area contributed by atoms with Gasteiger partial charge in [0.1, 0.15) is 17.6 Å². The Kier molecular flexibility index (Phi) is 5.75. The SMILES string of the molecule is COc1ccc(C2=NN(c3nc(-c4ccc(OC)c(OC)c4)cs3)[C@H](c3ccco3)C2)cc1. The van der Waals surface area contributed by atoms with Crippen molar-refractivity contribution in [3.05, 3.63) is 77.6 Å². The second-order valence-electron chi connectivity index (χ2n) is 7.44. The number of hydrogen-bond donors (Lipinski definition) is 0. The molecule has 168 valence electrons. The van der Waals surface area contributed by atoms with E-state index in [4.69, 9.17) is 28.7 Å². The van der Waals surface area contributed by atoms with E-state index in [2.05, 4.69) is 0 Å². The van der Waals surface area contributed by atoms with Crippen molar-refractivity contribution in [3.63, 3.8) is 0 Å². The quantitative estimate of drug-likeness (QED) is 0.347. The molecule has 5 rings (SSSR count). The lowest BCUT2D eigenvalue weighted by molar-refractivity contribution is 0.355. The summed E-state index contributed by atoms with van der Waals surface area (Å²) in [4.78, 5) is 4.89. The molecule has 33 heavy (non-hydrogen) atoms. The molecule has 0 bridgehead atoms. The largest absolute Gasteiger partial charge is 0.497 e. The van der Waals surface area contributed by atoms with Gasteiger partial charge in [-0.1, -0.05) is 0 Å². The van der Waals surface area contributed by atoms with E-state index in [1.54, 1.807) is 38.9 Å². The summed E-state index contributed by atoms with van der Waals surface area (Å²) in [5.41, 5.74) is 3.82. The summed E-state index contributed by atoms with van der Waals surface area (Å²) in [6.07, 6.45) is 2.40. The van der Waals surface area contributed by atoms with Crippen molar-refractivity contribution in [3.8, 4) is 28.5 Å². The standard InChI is InChI=1S/C25H23N3O4S/c1-29-18-9-6-16(7-10-18)19-14-21(22-5-4-12-32-22)28(27-19)25-26-20(15-33-25)17-8-11-23(30-2)24(13-17)31-3/h4-13,15,21H,14H2,1-3H3/t21-/m0/s1. The highest BCUT2D eigenvalue weighted by Crippen LogP contribution is 2.40. The fourth-order valence-corrected chi connectivity index (χ4v) is 4.68. The zero-order valence-electron chi connectivity index (χ0n) is 18.5. The van der Waals surface area contributed by atoms with Crippen LogP contribution in [0.3, 0.4) is 0 Å². The Morgan fingerprint density at radius 1 is 0.939 bits per heavy atom. The monoisotopic (exact) mass is 461 g/mol. The summed E-state index contributed by atoms with van der Waals surface area (Å²) >= 11 is 1.54. The number of rotatable bonds is 7. The highest BCUT2D eigenvalue weighted by atomic mass is 32.1. The van der Waals surface area contributed by atoms with Crippen LogP contribution in [0.5, 0.6) is 17.2 Å². The van der Waals surface area contributed by atoms with E-state index in [0.29, 0.717) is 17.9 Å². The molecule has 1 aliphatic rings. The molecule has 0 amide bonds. The van der Waals surface area contributed by atoms with Crippen molar-refractivity contribution in [1.29, 1.82) is 0 Å². The first-order valence-corrected chi connectivity index (χ1v) is 11.3. The molecule has 8 heteroatoms. The van der Waals surface area contributed by atoms with Crippen molar-refractivity contribution in [2.75, 3.05) is 26.3 Å². The van der Waals surface area contributed by atoms with Crippen LogP contribution in [0.2, 0.25) is 0 Å². The number of nitrogens with zero attached hydrogens (tertiary/aromatic N) is 3. The summed E-state index contributed by atoms with van der Waals surface area (Å²) in [5.74, 6) is 3.02. The van der Waals surface area contributed by atoms with Crippen LogP contribution in [0, 0.1) is 0 Å². The predicted octanol–water partition coefficient (Wildman–Crippen LogP) is 5.78. The van der Waals surface area contributed by atoms with Crippen LogP contribution in [0.4, 0.5) is 5.13 Å². The van der Waals surface area contributed by atoms with Gasteiger partial charge in [-0.15, -0.1) is 11.3 Å². The Labute approximate surface area is 195 Å². The molecule has 2 aromatic carbocycles. The smallest absolute Gasteiger partial charge is 0.207 e. The fourth-order valence-electron chi connectivity index (χ4n) is 3.84. The molecule has 0 saturated heterocycles. The molecular formula is C25H23N3O4S. The van der Waals surface area contributed by atoms with E-state index < -0.39 is 0 Å². The van der Waals surface area contributed by atoms with Gasteiger partial charge in [0.05, 0.1) is 39.0 Å². The van der Waals surface area contributed by atoms with Crippen LogP contribution >= 0.6 is 11.3 Å². The third-order valence-corrected chi connectivity index (χ3v) is 6.40. The Hall–Kier alpha value is -3.78. The summed E-state index contributed by atoms with van der Waals surface area (Å²) in [5, 5.41) is 9.71. The van der Waals surface area contributed by atoms with Gasteiger partial charge in [-0.2, -0.15) is 5.10 Å². The Morgan fingerprint density at radius 3 is 2.42 bits per heavy atom. The van der Waals surface area contributed by atoms with Gasteiger partial charge in [0.15, 0.2) is 11.5 Å². The number of thiazole rings is 1. The molecule has 1 aliphatic heterocycles. The van der Waals surface area contributed by atoms with Crippen molar-refractivity contribution < 1.29 is 18.6 Å². The summed E-state index contributed by atoms with van der Waals surface area (Å²) in [6.45, 7) is 0. The maximum atomic E-state index is 5.75. The summed E-state index contributed by atoms with van der Waals surface area (Å²) in [6, 6.07) is 17.5. The Bertz CT molecular complexity index is 1270. The maximum Gasteiger partial charge on any atom is 0.207 e.